The Balaban J connectivity index is 2.38. The van der Waals surface area contributed by atoms with Crippen LogP contribution in [0.25, 0.3) is 0 Å². The predicted molar refractivity (Wildman–Crippen MR) is 41.6 cm³/mol. The van der Waals surface area contributed by atoms with E-state index in [0.29, 0.717) is 13.0 Å². The van der Waals surface area contributed by atoms with Gasteiger partial charge in [-0.1, -0.05) is 0 Å². The summed E-state index contributed by atoms with van der Waals surface area (Å²) in [5, 5.41) is 20.5. The number of rotatable bonds is 4. The van der Waals surface area contributed by atoms with Crippen molar-refractivity contribution >= 4 is 5.97 Å². The molecule has 0 unspecified atom stereocenters. The first kappa shape index (κ1) is 9.19. The van der Waals surface area contributed by atoms with Crippen molar-refractivity contribution < 1.29 is 9.90 Å². The zero-order chi connectivity index (χ0) is 9.68. The molecule has 1 heterocycles. The molecule has 1 aromatic heterocycles. The van der Waals surface area contributed by atoms with Gasteiger partial charge >= 0.3 is 5.97 Å². The molecule has 0 saturated carbocycles. The topological polar surface area (TPSA) is 91.8 Å². The minimum absolute atomic E-state index is 0.0990. The van der Waals surface area contributed by atoms with Gasteiger partial charge in [-0.05, 0) is 6.42 Å². The maximum Gasteiger partial charge on any atom is 0.303 e. The number of hydrogen-bond acceptors (Lipinski definition) is 4. The monoisotopic (exact) mass is 180 g/mol. The van der Waals surface area contributed by atoms with Crippen molar-refractivity contribution in [2.24, 2.45) is 0 Å². The molecule has 0 aliphatic carbocycles. The van der Waals surface area contributed by atoms with Gasteiger partial charge in [0.25, 0.3) is 5.82 Å². The van der Waals surface area contributed by atoms with Crippen molar-refractivity contribution in [3.05, 3.63) is 12.2 Å². The van der Waals surface area contributed by atoms with Gasteiger partial charge in [0, 0.05) is 13.0 Å². The Bertz CT molecular complexity index is 339. The summed E-state index contributed by atoms with van der Waals surface area (Å²) in [5.74, 6) is -0.726. The summed E-state index contributed by atoms with van der Waals surface area (Å²) >= 11 is 0. The van der Waals surface area contributed by atoms with E-state index in [0.717, 1.165) is 0 Å². The molecule has 1 aromatic rings. The van der Waals surface area contributed by atoms with Gasteiger partial charge in [0.2, 0.25) is 0 Å². The molecule has 1 N–H and O–H groups in total. The molecule has 0 aromatic carbocycles. The standard InChI is InChI=1S/C7H8N4O2/c8-4-6-9-5-11(10-6)3-1-2-7(12)13/h5H,1-3H2,(H,12,13). The minimum Gasteiger partial charge on any atom is -0.481 e. The molecule has 68 valence electrons. The molecule has 6 nitrogen and oxygen atoms in total. The number of carboxylic acid groups (broad SMARTS) is 1. The molecule has 6 heteroatoms. The van der Waals surface area contributed by atoms with Gasteiger partial charge in [-0.25, -0.2) is 4.98 Å². The normalized spacial score (nSPS) is 9.46. The minimum atomic E-state index is -0.833. The van der Waals surface area contributed by atoms with Crippen molar-refractivity contribution in [2.45, 2.75) is 19.4 Å². The average Bonchev–Trinajstić information content (AvgIpc) is 2.52. The van der Waals surface area contributed by atoms with Gasteiger partial charge in [0.15, 0.2) is 0 Å². The first-order chi connectivity index (χ1) is 6.22. The summed E-state index contributed by atoms with van der Waals surface area (Å²) in [6.45, 7) is 0.473. The lowest BCUT2D eigenvalue weighted by molar-refractivity contribution is -0.137. The second-order valence-electron chi connectivity index (χ2n) is 2.44. The van der Waals surface area contributed by atoms with E-state index < -0.39 is 5.97 Å². The van der Waals surface area contributed by atoms with E-state index in [-0.39, 0.29) is 12.2 Å². The summed E-state index contributed by atoms with van der Waals surface area (Å²) < 4.78 is 1.46. The molecule has 0 radical (unpaired) electrons. The highest BCUT2D eigenvalue weighted by Gasteiger charge is 2.00. The molecule has 0 saturated heterocycles. The number of nitriles is 1. The molecule has 0 fully saturated rings. The van der Waals surface area contributed by atoms with Crippen LogP contribution in [0.4, 0.5) is 0 Å². The van der Waals surface area contributed by atoms with E-state index in [9.17, 15) is 4.79 Å². The Labute approximate surface area is 74.4 Å². The van der Waals surface area contributed by atoms with Crippen molar-refractivity contribution in [3.8, 4) is 6.07 Å². The Hall–Kier alpha value is -1.90. The summed E-state index contributed by atoms with van der Waals surface area (Å²) in [5.41, 5.74) is 0. The summed E-state index contributed by atoms with van der Waals surface area (Å²) in [7, 11) is 0. The number of carboxylic acids is 1. The van der Waals surface area contributed by atoms with Gasteiger partial charge in [0.05, 0.1) is 0 Å². The van der Waals surface area contributed by atoms with E-state index in [1.54, 1.807) is 6.07 Å². The highest BCUT2D eigenvalue weighted by molar-refractivity contribution is 5.66. The summed E-state index contributed by atoms with van der Waals surface area (Å²) in [4.78, 5) is 13.8. The van der Waals surface area contributed by atoms with E-state index in [1.165, 1.54) is 11.0 Å². The molecule has 13 heavy (non-hydrogen) atoms. The molecule has 0 bridgehead atoms. The SMILES string of the molecule is N#Cc1ncn(CCCC(=O)O)n1. The van der Waals surface area contributed by atoms with E-state index in [1.807, 2.05) is 0 Å². The summed E-state index contributed by atoms with van der Waals surface area (Å²) in [6, 6.07) is 1.79. The third-order valence-corrected chi connectivity index (χ3v) is 1.41. The third kappa shape index (κ3) is 2.91. The summed E-state index contributed by atoms with van der Waals surface area (Å²) in [6.07, 6.45) is 2.01. The van der Waals surface area contributed by atoms with Crippen LogP contribution in [0.2, 0.25) is 0 Å². The fraction of sp³-hybridized carbons (Fsp3) is 0.429. The number of aliphatic carboxylic acids is 1. The Kier molecular flexibility index (Phi) is 2.97. The second-order valence-corrected chi connectivity index (χ2v) is 2.44. The van der Waals surface area contributed by atoms with Crippen LogP contribution in [-0.2, 0) is 11.3 Å². The van der Waals surface area contributed by atoms with Crippen LogP contribution >= 0.6 is 0 Å². The number of aryl methyl sites for hydroxylation is 1. The van der Waals surface area contributed by atoms with Crippen molar-refractivity contribution in [1.29, 1.82) is 5.26 Å². The molecule has 0 aliphatic heterocycles. The van der Waals surface area contributed by atoms with Crippen molar-refractivity contribution in [1.82, 2.24) is 14.8 Å². The van der Waals surface area contributed by atoms with E-state index in [4.69, 9.17) is 10.4 Å². The molecule has 0 aliphatic rings. The zero-order valence-corrected chi connectivity index (χ0v) is 6.84. The van der Waals surface area contributed by atoms with Crippen LogP contribution in [0.3, 0.4) is 0 Å². The van der Waals surface area contributed by atoms with Crippen molar-refractivity contribution in [2.75, 3.05) is 0 Å². The molecule has 0 spiro atoms. The van der Waals surface area contributed by atoms with E-state index >= 15 is 0 Å². The first-order valence-corrected chi connectivity index (χ1v) is 3.73. The zero-order valence-electron chi connectivity index (χ0n) is 6.84. The fourth-order valence-electron chi connectivity index (χ4n) is 0.846. The molecular formula is C7H8N4O2. The second kappa shape index (κ2) is 4.21. The lowest BCUT2D eigenvalue weighted by Crippen LogP contribution is -2.02. The first-order valence-electron chi connectivity index (χ1n) is 3.73. The van der Waals surface area contributed by atoms with Crippen LogP contribution in [0, 0.1) is 11.3 Å². The largest absolute Gasteiger partial charge is 0.481 e. The van der Waals surface area contributed by atoms with Crippen LogP contribution < -0.4 is 0 Å². The Morgan fingerprint density at radius 1 is 1.77 bits per heavy atom. The van der Waals surface area contributed by atoms with E-state index in [2.05, 4.69) is 10.1 Å². The average molecular weight is 180 g/mol. The number of nitrogens with zero attached hydrogens (tertiary/aromatic N) is 4. The molecule has 0 atom stereocenters. The third-order valence-electron chi connectivity index (χ3n) is 1.41. The van der Waals surface area contributed by atoms with Gasteiger partial charge in [-0.2, -0.15) is 5.26 Å². The number of carbonyl (C=O) groups is 1. The maximum atomic E-state index is 10.2. The van der Waals surface area contributed by atoms with Gasteiger partial charge in [0.1, 0.15) is 12.4 Å². The molecule has 0 amide bonds. The van der Waals surface area contributed by atoms with Gasteiger partial charge < -0.3 is 5.11 Å². The quantitative estimate of drug-likeness (QED) is 0.704. The number of hydrogen-bond donors (Lipinski definition) is 1. The smallest absolute Gasteiger partial charge is 0.303 e. The predicted octanol–water partition coefficient (Wildman–Crippen LogP) is 0.0146. The molecule has 1 rings (SSSR count). The Morgan fingerprint density at radius 3 is 3.08 bits per heavy atom. The van der Waals surface area contributed by atoms with Crippen LogP contribution in [0.15, 0.2) is 6.33 Å². The highest BCUT2D eigenvalue weighted by Crippen LogP contribution is 1.94. The maximum absolute atomic E-state index is 10.2. The Morgan fingerprint density at radius 2 is 2.54 bits per heavy atom. The number of aromatic nitrogens is 3. The lowest BCUT2D eigenvalue weighted by atomic mass is 10.3. The highest BCUT2D eigenvalue weighted by atomic mass is 16.4. The molecular weight excluding hydrogens is 172 g/mol. The van der Waals surface area contributed by atoms with Gasteiger partial charge in [-0.3, -0.25) is 9.48 Å². The van der Waals surface area contributed by atoms with Crippen LogP contribution in [-0.4, -0.2) is 25.8 Å². The van der Waals surface area contributed by atoms with Crippen molar-refractivity contribution in [3.63, 3.8) is 0 Å². The van der Waals surface area contributed by atoms with Crippen LogP contribution in [0.1, 0.15) is 18.7 Å². The fourth-order valence-corrected chi connectivity index (χ4v) is 0.846. The van der Waals surface area contributed by atoms with Gasteiger partial charge in [-0.15, -0.1) is 5.10 Å². The lowest BCUT2D eigenvalue weighted by Gasteiger charge is -1.96. The van der Waals surface area contributed by atoms with Crippen LogP contribution in [0.5, 0.6) is 0 Å².